The number of sulfonamides is 1. The lowest BCUT2D eigenvalue weighted by molar-refractivity contribution is -0.160. The van der Waals surface area contributed by atoms with Gasteiger partial charge in [0.1, 0.15) is 6.04 Å². The van der Waals surface area contributed by atoms with Crippen molar-refractivity contribution in [3.8, 4) is 0 Å². The highest BCUT2D eigenvalue weighted by Crippen LogP contribution is 2.47. The maximum absolute atomic E-state index is 12.5. The van der Waals surface area contributed by atoms with Crippen molar-refractivity contribution in [2.45, 2.75) is 48.6 Å². The first kappa shape index (κ1) is 20.6. The Balaban J connectivity index is 1.60. The van der Waals surface area contributed by atoms with E-state index < -0.39 is 38.9 Å². The monoisotopic (exact) mass is 427 g/mol. The minimum atomic E-state index is -3.82. The van der Waals surface area contributed by atoms with E-state index in [4.69, 9.17) is 9.88 Å². The van der Waals surface area contributed by atoms with Gasteiger partial charge in [0, 0.05) is 17.9 Å². The lowest BCUT2D eigenvalue weighted by Crippen LogP contribution is -2.48. The Morgan fingerprint density at radius 3 is 2.61 bits per heavy atom. The molecule has 2 aliphatic heterocycles. The molecule has 1 aromatic carbocycles. The Morgan fingerprint density at radius 2 is 2.00 bits per heavy atom. The molecule has 11 heteroatoms. The fourth-order valence-corrected chi connectivity index (χ4v) is 5.21. The lowest BCUT2D eigenvalue weighted by Gasteiger charge is -2.29. The number of hydrogen-bond donors (Lipinski definition) is 2. The van der Waals surface area contributed by atoms with Crippen molar-refractivity contribution < 1.29 is 27.5 Å². The number of nitrogens with zero attached hydrogens (tertiary/aromatic N) is 1. The van der Waals surface area contributed by atoms with Crippen LogP contribution >= 0.6 is 11.8 Å². The van der Waals surface area contributed by atoms with Gasteiger partial charge in [-0.25, -0.2) is 18.4 Å². The second-order valence-electron chi connectivity index (χ2n) is 6.90. The second-order valence-corrected chi connectivity index (χ2v) is 9.97. The van der Waals surface area contributed by atoms with Crippen molar-refractivity contribution in [2.24, 2.45) is 5.14 Å². The van der Waals surface area contributed by atoms with Crippen molar-refractivity contribution in [3.63, 3.8) is 0 Å². The van der Waals surface area contributed by atoms with Gasteiger partial charge in [-0.05, 0) is 44.5 Å². The van der Waals surface area contributed by atoms with E-state index >= 15 is 0 Å². The number of ether oxygens (including phenoxy) is 1. The van der Waals surface area contributed by atoms with E-state index in [9.17, 15) is 22.8 Å². The number of primary sulfonamides is 1. The molecule has 0 saturated carbocycles. The number of thioether (sulfide) groups is 1. The van der Waals surface area contributed by atoms with Crippen LogP contribution < -0.4 is 10.5 Å². The molecule has 0 aromatic heterocycles. The van der Waals surface area contributed by atoms with Crippen molar-refractivity contribution in [3.05, 3.63) is 24.3 Å². The summed E-state index contributed by atoms with van der Waals surface area (Å²) in [6.07, 6.45) is 0.00263. The molecule has 1 aromatic rings. The first-order valence-electron chi connectivity index (χ1n) is 8.61. The van der Waals surface area contributed by atoms with Crippen LogP contribution in [0.25, 0.3) is 0 Å². The molecule has 2 fully saturated rings. The summed E-state index contributed by atoms with van der Waals surface area (Å²) in [5.41, 5.74) is 0.332. The van der Waals surface area contributed by atoms with Gasteiger partial charge < -0.3 is 15.0 Å². The number of hydrogen-bond acceptors (Lipinski definition) is 7. The van der Waals surface area contributed by atoms with Crippen LogP contribution in [-0.2, 0) is 29.1 Å². The smallest absolute Gasteiger partial charge is 0.330 e. The van der Waals surface area contributed by atoms with Crippen molar-refractivity contribution in [1.82, 2.24) is 4.90 Å². The lowest BCUT2D eigenvalue weighted by atomic mass is 10.2. The van der Waals surface area contributed by atoms with E-state index in [0.717, 1.165) is 0 Å². The normalized spacial score (nSPS) is 25.3. The van der Waals surface area contributed by atoms with Gasteiger partial charge in [-0.3, -0.25) is 9.59 Å². The van der Waals surface area contributed by atoms with Gasteiger partial charge in [0.2, 0.25) is 15.9 Å². The van der Waals surface area contributed by atoms with E-state index in [1.165, 1.54) is 31.2 Å². The van der Waals surface area contributed by atoms with Gasteiger partial charge in [-0.1, -0.05) is 0 Å². The fourth-order valence-electron chi connectivity index (χ4n) is 3.27. The minimum Gasteiger partial charge on any atom is -0.451 e. The molecule has 28 heavy (non-hydrogen) atoms. The predicted octanol–water partition coefficient (Wildman–Crippen LogP) is 0.658. The van der Waals surface area contributed by atoms with Gasteiger partial charge in [0.25, 0.3) is 5.91 Å². The highest BCUT2D eigenvalue weighted by molar-refractivity contribution is 8.01. The van der Waals surface area contributed by atoms with Crippen LogP contribution in [-0.4, -0.2) is 53.9 Å². The minimum absolute atomic E-state index is 0.0814. The van der Waals surface area contributed by atoms with Crippen LogP contribution in [0.2, 0.25) is 0 Å². The van der Waals surface area contributed by atoms with Crippen molar-refractivity contribution in [1.29, 1.82) is 0 Å². The zero-order chi connectivity index (χ0) is 20.7. The van der Waals surface area contributed by atoms with E-state index in [2.05, 4.69) is 5.32 Å². The van der Waals surface area contributed by atoms with Gasteiger partial charge in [0.05, 0.1) is 9.77 Å². The van der Waals surface area contributed by atoms with E-state index in [1.54, 1.807) is 16.7 Å². The van der Waals surface area contributed by atoms with Crippen LogP contribution in [0.15, 0.2) is 29.2 Å². The Morgan fingerprint density at radius 1 is 1.36 bits per heavy atom. The third-order valence-corrected chi connectivity index (χ3v) is 7.26. The van der Waals surface area contributed by atoms with Crippen molar-refractivity contribution >= 4 is 45.3 Å². The Labute approximate surface area is 167 Å². The quantitative estimate of drug-likeness (QED) is 0.659. The van der Waals surface area contributed by atoms with Gasteiger partial charge in [-0.15, -0.1) is 11.8 Å². The molecule has 2 amide bonds. The third-order valence-electron chi connectivity index (χ3n) is 4.83. The number of nitrogens with one attached hydrogen (secondary N) is 1. The molecule has 3 atom stereocenters. The fraction of sp³-hybridized carbons (Fsp3) is 0.471. The third kappa shape index (κ3) is 4.01. The molecular weight excluding hydrogens is 406 g/mol. The molecule has 0 radical (unpaired) electrons. The number of benzene rings is 1. The molecule has 2 heterocycles. The summed E-state index contributed by atoms with van der Waals surface area (Å²) in [7, 11) is -3.82. The van der Waals surface area contributed by atoms with Gasteiger partial charge in [-0.2, -0.15) is 0 Å². The first-order valence-corrected chi connectivity index (χ1v) is 11.1. The van der Waals surface area contributed by atoms with E-state index in [0.29, 0.717) is 24.3 Å². The number of anilines is 1. The van der Waals surface area contributed by atoms with Crippen LogP contribution in [0.5, 0.6) is 0 Å². The molecular formula is C17H21N3O6S2. The Hall–Kier alpha value is -2.11. The Kier molecular flexibility index (Phi) is 5.43. The average Bonchev–Trinajstić information content (AvgIpc) is 3.10. The molecule has 9 nitrogen and oxygen atoms in total. The first-order chi connectivity index (χ1) is 13.0. The summed E-state index contributed by atoms with van der Waals surface area (Å²) in [6.45, 7) is 3.36. The van der Waals surface area contributed by atoms with E-state index in [-0.39, 0.29) is 10.8 Å². The van der Waals surface area contributed by atoms with Crippen LogP contribution in [0, 0.1) is 0 Å². The molecule has 0 aliphatic carbocycles. The van der Waals surface area contributed by atoms with Crippen LogP contribution in [0.3, 0.4) is 0 Å². The van der Waals surface area contributed by atoms with E-state index in [1.807, 2.05) is 6.92 Å². The molecule has 0 bridgehead atoms. The molecule has 3 N–H and O–H groups in total. The summed E-state index contributed by atoms with van der Waals surface area (Å²) in [6, 6.07) is 4.59. The standard InChI is InChI=1S/C17H21N3O6S2/c1-10(15(22)19-11-3-5-12(6-4-11)28(18,24)25)26-16(23)13-9-27-17(2)8-7-14(21)20(13)17/h3-6,10,13H,7-9H2,1-2H3,(H,19,22)(H2,18,24,25)/t10-,13-,17-/m0/s1. The van der Waals surface area contributed by atoms with Gasteiger partial charge in [0.15, 0.2) is 6.10 Å². The molecule has 3 rings (SSSR count). The van der Waals surface area contributed by atoms with Crippen LogP contribution in [0.1, 0.15) is 26.7 Å². The zero-order valence-electron chi connectivity index (χ0n) is 15.4. The number of carbonyl (C=O) groups is 3. The highest BCUT2D eigenvalue weighted by atomic mass is 32.2. The summed E-state index contributed by atoms with van der Waals surface area (Å²) in [4.78, 5) is 38.0. The summed E-state index contributed by atoms with van der Waals surface area (Å²) < 4.78 is 27.8. The number of rotatable bonds is 5. The van der Waals surface area contributed by atoms with Crippen molar-refractivity contribution in [2.75, 3.05) is 11.1 Å². The number of amides is 2. The molecule has 152 valence electrons. The number of nitrogens with two attached hydrogens (primary N) is 1. The van der Waals surface area contributed by atoms with Crippen LogP contribution in [0.4, 0.5) is 5.69 Å². The largest absolute Gasteiger partial charge is 0.451 e. The zero-order valence-corrected chi connectivity index (χ0v) is 17.0. The Bertz CT molecular complexity index is 917. The number of esters is 1. The summed E-state index contributed by atoms with van der Waals surface area (Å²) in [5, 5.41) is 7.57. The summed E-state index contributed by atoms with van der Waals surface area (Å²) >= 11 is 1.54. The second kappa shape index (κ2) is 7.37. The summed E-state index contributed by atoms with van der Waals surface area (Å²) in [5.74, 6) is -0.831. The molecule has 2 saturated heterocycles. The topological polar surface area (TPSA) is 136 Å². The SMILES string of the molecule is C[C@H](OC(=O)[C@@H]1CS[C@@]2(C)CCC(=O)N12)C(=O)Nc1ccc(S(N)(=O)=O)cc1. The average molecular weight is 428 g/mol. The predicted molar refractivity (Wildman–Crippen MR) is 103 cm³/mol. The van der Waals surface area contributed by atoms with Gasteiger partial charge >= 0.3 is 5.97 Å². The maximum atomic E-state index is 12.5. The number of fused-ring (bicyclic) bond motifs is 1. The maximum Gasteiger partial charge on any atom is 0.330 e. The highest BCUT2D eigenvalue weighted by Gasteiger charge is 2.53. The molecule has 0 spiro atoms. The molecule has 0 unspecified atom stereocenters. The number of carbonyl (C=O) groups excluding carboxylic acids is 3. The molecule has 2 aliphatic rings.